The fraction of sp³-hybridized carbons (Fsp3) is 0.188. The van der Waals surface area contributed by atoms with Gasteiger partial charge >= 0.3 is 5.96 Å². The molecule has 114 valence electrons. The van der Waals surface area contributed by atoms with Gasteiger partial charge in [0, 0.05) is 4.90 Å². The summed E-state index contributed by atoms with van der Waals surface area (Å²) < 4.78 is -0.0830. The zero-order valence-electron chi connectivity index (χ0n) is 12.2. The van der Waals surface area contributed by atoms with Gasteiger partial charge in [-0.2, -0.15) is 4.99 Å². The molecule has 6 heteroatoms. The van der Waals surface area contributed by atoms with Crippen LogP contribution in [-0.2, 0) is 0 Å². The molecule has 2 aromatic carbocycles. The fourth-order valence-electron chi connectivity index (χ4n) is 2.32. The Morgan fingerprint density at radius 2 is 1.73 bits per heavy atom. The molecular formula is C16H18N3O2S+. The molecule has 2 atom stereocenters. The fourth-order valence-corrected chi connectivity index (χ4v) is 3.44. The third-order valence-corrected chi connectivity index (χ3v) is 4.41. The van der Waals surface area contributed by atoms with Gasteiger partial charge in [0.25, 0.3) is 5.06 Å². The number of aliphatic hydroxyl groups is 1. The minimum absolute atomic E-state index is 0.0830. The minimum atomic E-state index is -1.34. The highest BCUT2D eigenvalue weighted by molar-refractivity contribution is 8.00. The van der Waals surface area contributed by atoms with E-state index >= 15 is 0 Å². The molecule has 0 aliphatic carbocycles. The average Bonchev–Trinajstić information content (AvgIpc) is 2.70. The van der Waals surface area contributed by atoms with E-state index in [0.29, 0.717) is 5.75 Å². The predicted molar refractivity (Wildman–Crippen MR) is 87.0 cm³/mol. The summed E-state index contributed by atoms with van der Waals surface area (Å²) in [6.07, 6.45) is 0. The van der Waals surface area contributed by atoms with Crippen LogP contribution in [0.3, 0.4) is 0 Å². The maximum absolute atomic E-state index is 10.7. The molecule has 0 aromatic heterocycles. The van der Waals surface area contributed by atoms with Gasteiger partial charge in [-0.3, -0.25) is 0 Å². The monoisotopic (exact) mass is 316 g/mol. The van der Waals surface area contributed by atoms with Crippen molar-refractivity contribution in [2.45, 2.75) is 9.95 Å². The van der Waals surface area contributed by atoms with Crippen LogP contribution in [0.15, 0.2) is 70.6 Å². The minimum Gasteiger partial charge on any atom is -0.356 e. The highest BCUT2D eigenvalue weighted by Crippen LogP contribution is 2.38. The lowest BCUT2D eigenvalue weighted by Gasteiger charge is -2.27. The summed E-state index contributed by atoms with van der Waals surface area (Å²) in [5.74, 6) is 0.923. The number of hydroxylamine groups is 3. The van der Waals surface area contributed by atoms with Crippen molar-refractivity contribution in [2.24, 2.45) is 10.7 Å². The van der Waals surface area contributed by atoms with E-state index in [-0.39, 0.29) is 17.2 Å². The summed E-state index contributed by atoms with van der Waals surface area (Å²) in [5.41, 5.74) is 6.01. The van der Waals surface area contributed by atoms with Crippen LogP contribution >= 0.6 is 11.8 Å². The number of guanidine groups is 1. The van der Waals surface area contributed by atoms with Gasteiger partial charge in [0.05, 0.1) is 0 Å². The molecule has 3 rings (SSSR count). The third-order valence-electron chi connectivity index (χ3n) is 3.36. The van der Waals surface area contributed by atoms with Crippen LogP contribution in [-0.4, -0.2) is 34.4 Å². The molecule has 0 spiro atoms. The number of aliphatic imine (C=N–C) groups is 1. The van der Waals surface area contributed by atoms with Crippen molar-refractivity contribution in [3.63, 3.8) is 0 Å². The second kappa shape index (κ2) is 5.64. The van der Waals surface area contributed by atoms with Crippen LogP contribution in [0.5, 0.6) is 5.75 Å². The van der Waals surface area contributed by atoms with Crippen molar-refractivity contribution < 1.29 is 14.6 Å². The van der Waals surface area contributed by atoms with Gasteiger partial charge in [0.1, 0.15) is 7.05 Å². The third kappa shape index (κ3) is 3.09. The highest BCUT2D eigenvalue weighted by atomic mass is 32.2. The predicted octanol–water partition coefficient (Wildman–Crippen LogP) is 2.19. The standard InChI is InChI=1S/C16H18N3O2S/c1-19(21-13-8-4-2-5-9-13)12-16(20,18-15(19)17)22-14-10-6-3-7-11-14/h2-11,20H,12H2,1H3,(H2,17,18)/q+1. The van der Waals surface area contributed by atoms with Gasteiger partial charge < -0.3 is 15.7 Å². The van der Waals surface area contributed by atoms with Gasteiger partial charge in [0.2, 0.25) is 0 Å². The van der Waals surface area contributed by atoms with Crippen LogP contribution < -0.4 is 10.6 Å². The Kier molecular flexibility index (Phi) is 3.82. The number of benzene rings is 2. The van der Waals surface area contributed by atoms with Crippen LogP contribution in [0.4, 0.5) is 0 Å². The van der Waals surface area contributed by atoms with Crippen LogP contribution in [0.1, 0.15) is 0 Å². The zero-order chi connectivity index (χ0) is 15.6. The molecular weight excluding hydrogens is 298 g/mol. The molecule has 1 aliphatic heterocycles. The first kappa shape index (κ1) is 14.9. The van der Waals surface area contributed by atoms with Crippen molar-refractivity contribution in [1.29, 1.82) is 0 Å². The molecule has 0 amide bonds. The Morgan fingerprint density at radius 1 is 1.14 bits per heavy atom. The Hall–Kier alpha value is -2.02. The molecule has 0 saturated heterocycles. The zero-order valence-corrected chi connectivity index (χ0v) is 13.0. The summed E-state index contributed by atoms with van der Waals surface area (Å²) in [7, 11) is 1.79. The van der Waals surface area contributed by atoms with Crippen LogP contribution in [0, 0.1) is 0 Å². The lowest BCUT2D eigenvalue weighted by atomic mass is 10.3. The van der Waals surface area contributed by atoms with E-state index in [1.807, 2.05) is 60.7 Å². The second-order valence-corrected chi connectivity index (χ2v) is 6.62. The Morgan fingerprint density at radius 3 is 2.36 bits per heavy atom. The van der Waals surface area contributed by atoms with Gasteiger partial charge in [-0.25, -0.2) is 0 Å². The summed E-state index contributed by atoms with van der Waals surface area (Å²) >= 11 is 1.26. The first-order valence-electron chi connectivity index (χ1n) is 6.92. The van der Waals surface area contributed by atoms with Crippen molar-refractivity contribution in [3.8, 4) is 5.75 Å². The Balaban J connectivity index is 1.78. The van der Waals surface area contributed by atoms with Crippen LogP contribution in [0.25, 0.3) is 0 Å². The van der Waals surface area contributed by atoms with Crippen molar-refractivity contribution in [2.75, 3.05) is 13.6 Å². The van der Waals surface area contributed by atoms with Crippen LogP contribution in [0.2, 0.25) is 0 Å². The van der Waals surface area contributed by atoms with Gasteiger partial charge in [-0.1, -0.05) is 52.8 Å². The Labute approximate surface area is 133 Å². The highest BCUT2D eigenvalue weighted by Gasteiger charge is 2.51. The number of nitrogens with zero attached hydrogens (tertiary/aromatic N) is 2. The van der Waals surface area contributed by atoms with Gasteiger partial charge in [-0.15, -0.1) is 0 Å². The average molecular weight is 316 g/mol. The number of hydrogen-bond donors (Lipinski definition) is 2. The smallest absolute Gasteiger partial charge is 0.341 e. The normalized spacial score (nSPS) is 27.5. The number of quaternary nitrogens is 1. The Bertz CT molecular complexity index is 680. The molecule has 5 nitrogen and oxygen atoms in total. The maximum Gasteiger partial charge on any atom is 0.341 e. The van der Waals surface area contributed by atoms with E-state index in [0.717, 1.165) is 4.90 Å². The number of rotatable bonds is 4. The number of hydrogen-bond acceptors (Lipinski definition) is 5. The summed E-state index contributed by atoms with van der Waals surface area (Å²) in [4.78, 5) is 11.1. The summed E-state index contributed by atoms with van der Waals surface area (Å²) in [6, 6.07) is 19.0. The molecule has 0 fully saturated rings. The van der Waals surface area contributed by atoms with Gasteiger partial charge in [0.15, 0.2) is 12.3 Å². The van der Waals surface area contributed by atoms with E-state index in [1.54, 1.807) is 7.05 Å². The first-order chi connectivity index (χ1) is 10.5. The molecule has 0 radical (unpaired) electrons. The number of likely N-dealkylation sites (N-methyl/N-ethyl adjacent to an activating group) is 1. The molecule has 2 aromatic rings. The molecule has 1 aliphatic rings. The first-order valence-corrected chi connectivity index (χ1v) is 7.73. The van der Waals surface area contributed by atoms with Crippen molar-refractivity contribution >= 4 is 17.7 Å². The lowest BCUT2D eigenvalue weighted by Crippen LogP contribution is -2.55. The van der Waals surface area contributed by atoms with Crippen molar-refractivity contribution in [1.82, 2.24) is 0 Å². The topological polar surface area (TPSA) is 67.8 Å². The molecule has 3 N–H and O–H groups in total. The van der Waals surface area contributed by atoms with E-state index in [2.05, 4.69) is 4.99 Å². The molecule has 22 heavy (non-hydrogen) atoms. The molecule has 1 heterocycles. The number of para-hydroxylation sites is 1. The SMILES string of the molecule is C[N+]1(Oc2ccccc2)CC(O)(Sc2ccccc2)N=C1N. The van der Waals surface area contributed by atoms with E-state index in [9.17, 15) is 5.11 Å². The largest absolute Gasteiger partial charge is 0.356 e. The summed E-state index contributed by atoms with van der Waals surface area (Å²) in [5, 5.41) is 9.39. The van der Waals surface area contributed by atoms with E-state index in [4.69, 9.17) is 10.6 Å². The van der Waals surface area contributed by atoms with E-state index < -0.39 is 5.06 Å². The number of thioether (sulfide) groups is 1. The molecule has 2 unspecified atom stereocenters. The van der Waals surface area contributed by atoms with Gasteiger partial charge in [-0.05, 0) is 24.3 Å². The molecule has 0 bridgehead atoms. The quantitative estimate of drug-likeness (QED) is 0.670. The maximum atomic E-state index is 10.7. The van der Waals surface area contributed by atoms with Crippen molar-refractivity contribution in [3.05, 3.63) is 60.7 Å². The summed E-state index contributed by atoms with van der Waals surface area (Å²) in [6.45, 7) is 0.229. The number of nitrogens with two attached hydrogens (primary N) is 1. The second-order valence-electron chi connectivity index (χ2n) is 5.29. The molecule has 0 saturated carbocycles. The van der Waals surface area contributed by atoms with E-state index in [1.165, 1.54) is 11.8 Å². The lowest BCUT2D eigenvalue weighted by molar-refractivity contribution is -0.988.